The number of thiophene rings is 1. The largest absolute Gasteiger partial charge is 0.477 e. The zero-order chi connectivity index (χ0) is 15.5. The van der Waals surface area contributed by atoms with Crippen molar-refractivity contribution in [3.63, 3.8) is 0 Å². The average Bonchev–Trinajstić information content (AvgIpc) is 2.96. The molecule has 3 rings (SSSR count). The summed E-state index contributed by atoms with van der Waals surface area (Å²) in [5.74, 6) is -1.26. The molecule has 4 nitrogen and oxygen atoms in total. The topological polar surface area (TPSA) is 66.4 Å². The van der Waals surface area contributed by atoms with Crippen LogP contribution in [0.2, 0.25) is 0 Å². The summed E-state index contributed by atoms with van der Waals surface area (Å²) in [6.07, 6.45) is 0.205. The highest BCUT2D eigenvalue weighted by molar-refractivity contribution is 7.12. The molecule has 1 amide bonds. The van der Waals surface area contributed by atoms with E-state index in [2.05, 4.69) is 5.32 Å². The number of rotatable bonds is 4. The number of fused-ring (bicyclic) bond motifs is 1. The van der Waals surface area contributed by atoms with E-state index in [0.29, 0.717) is 5.69 Å². The molecule has 2 N–H and O–H groups in total. The molecule has 22 heavy (non-hydrogen) atoms. The molecule has 0 unspecified atom stereocenters. The smallest absolute Gasteiger partial charge is 0.348 e. The van der Waals surface area contributed by atoms with Crippen molar-refractivity contribution in [3.05, 3.63) is 64.4 Å². The summed E-state index contributed by atoms with van der Waals surface area (Å²) in [5, 5.41) is 15.5. The molecule has 2 aromatic carbocycles. The lowest BCUT2D eigenvalue weighted by atomic mass is 10.0. The van der Waals surface area contributed by atoms with Crippen LogP contribution in [0, 0.1) is 0 Å². The normalized spacial score (nSPS) is 10.5. The second-order valence-corrected chi connectivity index (χ2v) is 5.75. The minimum absolute atomic E-state index is 0.145. The molecule has 0 atom stereocenters. The van der Waals surface area contributed by atoms with Gasteiger partial charge in [0.1, 0.15) is 4.88 Å². The van der Waals surface area contributed by atoms with Gasteiger partial charge in [0.05, 0.1) is 12.1 Å². The molecule has 0 aliphatic carbocycles. The summed E-state index contributed by atoms with van der Waals surface area (Å²) < 4.78 is 0. The van der Waals surface area contributed by atoms with Crippen LogP contribution in [0.1, 0.15) is 15.2 Å². The van der Waals surface area contributed by atoms with E-state index in [1.807, 2.05) is 42.5 Å². The van der Waals surface area contributed by atoms with Crippen molar-refractivity contribution in [2.45, 2.75) is 6.42 Å². The van der Waals surface area contributed by atoms with Crippen molar-refractivity contribution in [2.75, 3.05) is 5.32 Å². The first kappa shape index (κ1) is 14.3. The molecule has 0 saturated heterocycles. The van der Waals surface area contributed by atoms with Crippen molar-refractivity contribution in [3.8, 4) is 0 Å². The number of carboxylic acid groups (broad SMARTS) is 1. The van der Waals surface area contributed by atoms with Crippen LogP contribution in [0.5, 0.6) is 0 Å². The maximum absolute atomic E-state index is 12.2. The Bertz CT molecular complexity index is 848. The molecule has 0 aliphatic rings. The highest BCUT2D eigenvalue weighted by Crippen LogP contribution is 2.23. The molecule has 0 saturated carbocycles. The van der Waals surface area contributed by atoms with Crippen LogP contribution in [0.4, 0.5) is 5.69 Å². The van der Waals surface area contributed by atoms with Crippen molar-refractivity contribution < 1.29 is 14.7 Å². The van der Waals surface area contributed by atoms with Crippen molar-refractivity contribution in [1.29, 1.82) is 0 Å². The monoisotopic (exact) mass is 311 g/mol. The highest BCUT2D eigenvalue weighted by Gasteiger charge is 2.14. The van der Waals surface area contributed by atoms with Crippen molar-refractivity contribution in [2.24, 2.45) is 0 Å². The van der Waals surface area contributed by atoms with Crippen LogP contribution >= 0.6 is 11.3 Å². The Morgan fingerprint density at radius 1 is 1.05 bits per heavy atom. The number of anilines is 1. The van der Waals surface area contributed by atoms with Gasteiger partial charge in [0.15, 0.2) is 0 Å². The molecule has 0 fully saturated rings. The first-order valence-electron chi connectivity index (χ1n) is 6.72. The third-order valence-electron chi connectivity index (χ3n) is 3.36. The average molecular weight is 311 g/mol. The van der Waals surface area contributed by atoms with Gasteiger partial charge < -0.3 is 10.4 Å². The molecule has 1 heterocycles. The van der Waals surface area contributed by atoms with E-state index in [1.165, 1.54) is 0 Å². The van der Waals surface area contributed by atoms with Crippen LogP contribution < -0.4 is 5.32 Å². The van der Waals surface area contributed by atoms with E-state index in [1.54, 1.807) is 11.4 Å². The molecule has 0 spiro atoms. The fraction of sp³-hybridized carbons (Fsp3) is 0.0588. The predicted molar refractivity (Wildman–Crippen MR) is 87.6 cm³/mol. The van der Waals surface area contributed by atoms with Gasteiger partial charge in [-0.1, -0.05) is 42.5 Å². The Hall–Kier alpha value is -2.66. The van der Waals surface area contributed by atoms with Gasteiger partial charge in [-0.3, -0.25) is 4.79 Å². The lowest BCUT2D eigenvalue weighted by molar-refractivity contribution is -0.115. The van der Waals surface area contributed by atoms with Gasteiger partial charge in [-0.05, 0) is 27.8 Å². The minimum atomic E-state index is -1.03. The maximum Gasteiger partial charge on any atom is 0.348 e. The van der Waals surface area contributed by atoms with Crippen LogP contribution in [0.3, 0.4) is 0 Å². The van der Waals surface area contributed by atoms with E-state index >= 15 is 0 Å². The Morgan fingerprint density at radius 3 is 2.64 bits per heavy atom. The van der Waals surface area contributed by atoms with Crippen LogP contribution in [0.15, 0.2) is 53.9 Å². The van der Waals surface area contributed by atoms with Gasteiger partial charge in [0.25, 0.3) is 0 Å². The Kier molecular flexibility index (Phi) is 3.89. The summed E-state index contributed by atoms with van der Waals surface area (Å²) >= 11 is 1.09. The molecule has 0 aliphatic heterocycles. The predicted octanol–water partition coefficient (Wildman–Crippen LogP) is 3.78. The number of hydrogen-bond donors (Lipinski definition) is 2. The zero-order valence-electron chi connectivity index (χ0n) is 11.6. The van der Waals surface area contributed by atoms with Crippen LogP contribution in [0.25, 0.3) is 10.8 Å². The number of amides is 1. The third-order valence-corrected chi connectivity index (χ3v) is 4.27. The van der Waals surface area contributed by atoms with Crippen LogP contribution in [-0.2, 0) is 11.2 Å². The van der Waals surface area contributed by atoms with Crippen molar-refractivity contribution >= 4 is 39.7 Å². The number of carboxylic acids is 1. The summed E-state index contributed by atoms with van der Waals surface area (Å²) in [7, 11) is 0. The lowest BCUT2D eigenvalue weighted by Gasteiger charge is -2.07. The van der Waals surface area contributed by atoms with Gasteiger partial charge in [0.2, 0.25) is 5.91 Å². The number of aromatic carboxylic acids is 1. The summed E-state index contributed by atoms with van der Waals surface area (Å²) in [6.45, 7) is 0. The Morgan fingerprint density at radius 2 is 1.82 bits per heavy atom. The van der Waals surface area contributed by atoms with E-state index < -0.39 is 5.97 Å². The molecule has 5 heteroatoms. The summed E-state index contributed by atoms with van der Waals surface area (Å²) in [6, 6.07) is 15.3. The van der Waals surface area contributed by atoms with E-state index in [0.717, 1.165) is 27.7 Å². The van der Waals surface area contributed by atoms with Gasteiger partial charge in [-0.2, -0.15) is 0 Å². The number of carbonyl (C=O) groups excluding carboxylic acids is 1. The molecular formula is C17H13NO3S. The third kappa shape index (κ3) is 2.84. The number of carbonyl (C=O) groups is 2. The molecule has 110 valence electrons. The lowest BCUT2D eigenvalue weighted by Crippen LogP contribution is -2.15. The zero-order valence-corrected chi connectivity index (χ0v) is 12.4. The van der Waals surface area contributed by atoms with E-state index in [9.17, 15) is 9.59 Å². The molecular weight excluding hydrogens is 298 g/mol. The maximum atomic E-state index is 12.2. The number of nitrogens with one attached hydrogen (secondary N) is 1. The Balaban J connectivity index is 1.82. The second-order valence-electron chi connectivity index (χ2n) is 4.83. The van der Waals surface area contributed by atoms with Crippen LogP contribution in [-0.4, -0.2) is 17.0 Å². The molecule has 0 radical (unpaired) electrons. The van der Waals surface area contributed by atoms with Gasteiger partial charge >= 0.3 is 5.97 Å². The van der Waals surface area contributed by atoms with Gasteiger partial charge in [-0.25, -0.2) is 4.79 Å². The van der Waals surface area contributed by atoms with Gasteiger partial charge in [0, 0.05) is 0 Å². The first-order chi connectivity index (χ1) is 10.6. The summed E-state index contributed by atoms with van der Waals surface area (Å²) in [5.41, 5.74) is 1.27. The number of hydrogen-bond acceptors (Lipinski definition) is 3. The molecule has 1 aromatic heterocycles. The fourth-order valence-corrected chi connectivity index (χ4v) is 3.07. The minimum Gasteiger partial charge on any atom is -0.477 e. The van der Waals surface area contributed by atoms with Crippen molar-refractivity contribution in [1.82, 2.24) is 0 Å². The van der Waals surface area contributed by atoms with E-state index in [-0.39, 0.29) is 17.2 Å². The summed E-state index contributed by atoms with van der Waals surface area (Å²) in [4.78, 5) is 23.4. The van der Waals surface area contributed by atoms with E-state index in [4.69, 9.17) is 5.11 Å². The molecule has 3 aromatic rings. The molecule has 0 bridgehead atoms. The highest BCUT2D eigenvalue weighted by atomic mass is 32.1. The quantitative estimate of drug-likeness (QED) is 0.770. The second kappa shape index (κ2) is 5.99. The van der Waals surface area contributed by atoms with Gasteiger partial charge in [-0.15, -0.1) is 11.3 Å². The fourth-order valence-electron chi connectivity index (χ4n) is 2.39. The Labute approximate surface area is 131 Å². The first-order valence-corrected chi connectivity index (χ1v) is 7.60. The standard InChI is InChI=1S/C17H13NO3S/c19-15(18-14-8-9-22-16(14)17(20)21)10-12-6-3-5-11-4-1-2-7-13(11)12/h1-9H,10H2,(H,18,19)(H,20,21). The SMILES string of the molecule is O=C(Cc1cccc2ccccc12)Nc1ccsc1C(=O)O. The number of benzene rings is 2.